The van der Waals surface area contributed by atoms with E-state index in [1.807, 2.05) is 61.5 Å². The van der Waals surface area contributed by atoms with Crippen LogP contribution < -0.4 is 14.2 Å². The predicted octanol–water partition coefficient (Wildman–Crippen LogP) is 4.47. The van der Waals surface area contributed by atoms with Gasteiger partial charge in [0.1, 0.15) is 0 Å². The van der Waals surface area contributed by atoms with Crippen LogP contribution in [-0.2, 0) is 20.2 Å². The van der Waals surface area contributed by atoms with Crippen molar-refractivity contribution in [1.29, 1.82) is 0 Å². The molecule has 4 aromatic rings. The lowest BCUT2D eigenvalue weighted by atomic mass is 9.99. The average Bonchev–Trinajstić information content (AvgIpc) is 2.81. The van der Waals surface area contributed by atoms with E-state index in [4.69, 9.17) is 5.14 Å². The molecule has 0 atom stereocenters. The van der Waals surface area contributed by atoms with Crippen LogP contribution in [0.5, 0.6) is 0 Å². The van der Waals surface area contributed by atoms with Crippen molar-refractivity contribution in [3.8, 4) is 11.1 Å². The van der Waals surface area contributed by atoms with E-state index in [0.717, 1.165) is 11.4 Å². The largest absolute Gasteiger partial charge is 0.377 e. The number of sulfonamides is 1. The molecule has 0 aliphatic carbocycles. The Labute approximate surface area is 204 Å². The Kier molecular flexibility index (Phi) is 6.68. The highest BCUT2D eigenvalue weighted by atomic mass is 32.3. The fraction of sp³-hybridized carbons (Fsp3) is 0.0833. The molecule has 4 aromatic carbocycles. The van der Waals surface area contributed by atoms with Crippen molar-refractivity contribution >= 4 is 48.1 Å². The molecule has 0 aromatic heterocycles. The van der Waals surface area contributed by atoms with Crippen LogP contribution in [0.4, 0.5) is 17.1 Å². The van der Waals surface area contributed by atoms with Crippen molar-refractivity contribution in [1.82, 2.24) is 4.13 Å². The van der Waals surface area contributed by atoms with E-state index in [1.54, 1.807) is 40.5 Å². The zero-order valence-electron chi connectivity index (χ0n) is 19.0. The van der Waals surface area contributed by atoms with Crippen LogP contribution >= 0.6 is 0 Å². The number of hydrogen-bond acceptors (Lipinski definition) is 7. The third kappa shape index (κ3) is 5.72. The van der Waals surface area contributed by atoms with Gasteiger partial charge in [-0.25, -0.2) is 13.6 Å². The molecule has 0 saturated carbocycles. The quantitative estimate of drug-likeness (QED) is 0.355. The van der Waals surface area contributed by atoms with Gasteiger partial charge >= 0.3 is 0 Å². The highest BCUT2D eigenvalue weighted by Gasteiger charge is 2.24. The van der Waals surface area contributed by atoms with Crippen molar-refractivity contribution in [2.45, 2.75) is 4.90 Å². The average molecular weight is 510 g/mol. The third-order valence-corrected chi connectivity index (χ3v) is 7.89. The monoisotopic (exact) mass is 509 g/mol. The predicted molar refractivity (Wildman–Crippen MR) is 138 cm³/mol. The summed E-state index contributed by atoms with van der Waals surface area (Å²) in [6.07, 6.45) is 0. The Morgan fingerprint density at radius 1 is 0.714 bits per heavy atom. The zero-order valence-corrected chi connectivity index (χ0v) is 20.6. The van der Waals surface area contributed by atoms with Gasteiger partial charge in [-0.15, -0.1) is 0 Å². The van der Waals surface area contributed by atoms with Gasteiger partial charge in [-0.3, -0.25) is 0 Å². The van der Waals surface area contributed by atoms with Crippen LogP contribution in [0.1, 0.15) is 0 Å². The lowest BCUT2D eigenvalue weighted by Crippen LogP contribution is -2.36. The fourth-order valence-electron chi connectivity index (χ4n) is 3.64. The van der Waals surface area contributed by atoms with Gasteiger partial charge < -0.3 is 4.90 Å². The number of nitrogens with zero attached hydrogens (tertiary/aromatic N) is 3. The molecule has 3 N–H and O–H groups in total. The van der Waals surface area contributed by atoms with Gasteiger partial charge in [0.05, 0.1) is 16.3 Å². The molecule has 180 valence electrons. The number of benzene rings is 4. The summed E-state index contributed by atoms with van der Waals surface area (Å²) in [5.41, 5.74) is 3.40. The van der Waals surface area contributed by atoms with Crippen molar-refractivity contribution in [3.05, 3.63) is 84.9 Å². The third-order valence-electron chi connectivity index (χ3n) is 5.17. The SMILES string of the molecule is CN(C)c1cccc2c(S(=O)(=O)NS(N)(=O)=O)cc(-c3ccc(N=Nc4ccccc4)cc3)cc12. The van der Waals surface area contributed by atoms with E-state index in [9.17, 15) is 16.8 Å². The van der Waals surface area contributed by atoms with Gasteiger partial charge in [-0.1, -0.05) is 46.6 Å². The number of hydrogen-bond donors (Lipinski definition) is 2. The number of nitrogens with two attached hydrogens (primary N) is 1. The van der Waals surface area contributed by atoms with Gasteiger partial charge in [0.25, 0.3) is 20.2 Å². The van der Waals surface area contributed by atoms with Crippen LogP contribution in [0, 0.1) is 0 Å². The second kappa shape index (κ2) is 9.55. The lowest BCUT2D eigenvalue weighted by Gasteiger charge is -2.18. The summed E-state index contributed by atoms with van der Waals surface area (Å²) in [7, 11) is -5.31. The Morgan fingerprint density at radius 3 is 1.94 bits per heavy atom. The maximum absolute atomic E-state index is 13.0. The van der Waals surface area contributed by atoms with E-state index in [2.05, 4.69) is 10.2 Å². The van der Waals surface area contributed by atoms with Gasteiger partial charge in [-0.2, -0.15) is 18.6 Å². The zero-order chi connectivity index (χ0) is 25.2. The molecule has 0 bridgehead atoms. The summed E-state index contributed by atoms with van der Waals surface area (Å²) in [6, 6.07) is 24.9. The fourth-order valence-corrected chi connectivity index (χ4v) is 5.98. The minimum atomic E-state index is -4.51. The van der Waals surface area contributed by atoms with Crippen LogP contribution in [-0.4, -0.2) is 30.9 Å². The Hall–Kier alpha value is -3.64. The summed E-state index contributed by atoms with van der Waals surface area (Å²) in [5, 5.41) is 14.4. The molecule has 0 aliphatic rings. The number of fused-ring (bicyclic) bond motifs is 1. The smallest absolute Gasteiger partial charge is 0.287 e. The molecule has 9 nitrogen and oxygen atoms in total. The molecule has 0 amide bonds. The first-order chi connectivity index (χ1) is 16.5. The first kappa shape index (κ1) is 24.5. The number of nitrogens with one attached hydrogen (secondary N) is 1. The Morgan fingerprint density at radius 2 is 1.34 bits per heavy atom. The summed E-state index contributed by atoms with van der Waals surface area (Å²) in [6.45, 7) is 0. The minimum Gasteiger partial charge on any atom is -0.377 e. The summed E-state index contributed by atoms with van der Waals surface area (Å²) in [4.78, 5) is 1.65. The number of anilines is 1. The van der Waals surface area contributed by atoms with Crippen molar-refractivity contribution in [3.63, 3.8) is 0 Å². The molecular weight excluding hydrogens is 486 g/mol. The molecule has 0 spiro atoms. The van der Waals surface area contributed by atoms with Crippen molar-refractivity contribution in [2.24, 2.45) is 15.4 Å². The molecule has 0 aliphatic heterocycles. The lowest BCUT2D eigenvalue weighted by molar-refractivity contribution is 0.578. The Balaban J connectivity index is 1.83. The first-order valence-electron chi connectivity index (χ1n) is 10.4. The molecule has 0 heterocycles. The van der Waals surface area contributed by atoms with Gasteiger partial charge in [0.15, 0.2) is 0 Å². The molecule has 0 unspecified atom stereocenters. The minimum absolute atomic E-state index is 0.199. The molecule has 0 saturated heterocycles. The van der Waals surface area contributed by atoms with E-state index in [0.29, 0.717) is 27.6 Å². The maximum atomic E-state index is 13.0. The topological polar surface area (TPSA) is 134 Å². The van der Waals surface area contributed by atoms with Crippen LogP contribution in [0.3, 0.4) is 0 Å². The second-order valence-corrected chi connectivity index (χ2v) is 11.2. The van der Waals surface area contributed by atoms with Gasteiger partial charge in [0, 0.05) is 30.6 Å². The molecule has 11 heteroatoms. The van der Waals surface area contributed by atoms with Crippen molar-refractivity contribution < 1.29 is 16.8 Å². The maximum Gasteiger partial charge on any atom is 0.287 e. The number of azo groups is 1. The molecule has 35 heavy (non-hydrogen) atoms. The number of rotatable bonds is 7. The van der Waals surface area contributed by atoms with Crippen molar-refractivity contribution in [2.75, 3.05) is 19.0 Å². The van der Waals surface area contributed by atoms with Crippen LogP contribution in [0.25, 0.3) is 21.9 Å². The second-order valence-electron chi connectivity index (χ2n) is 7.96. The first-order valence-corrected chi connectivity index (χ1v) is 13.4. The summed E-state index contributed by atoms with van der Waals surface area (Å²) >= 11 is 0. The Bertz CT molecular complexity index is 1620. The molecule has 4 rings (SSSR count). The van der Waals surface area contributed by atoms with Gasteiger partial charge in [-0.05, 0) is 53.6 Å². The molecule has 0 radical (unpaired) electrons. The van der Waals surface area contributed by atoms with E-state index < -0.39 is 20.2 Å². The molecular formula is C24H23N5O4S2. The van der Waals surface area contributed by atoms with Crippen LogP contribution in [0.2, 0.25) is 0 Å². The summed E-state index contributed by atoms with van der Waals surface area (Å²) < 4.78 is 50.6. The normalized spacial score (nSPS) is 12.3. The molecule has 0 fully saturated rings. The van der Waals surface area contributed by atoms with Gasteiger partial charge in [0.2, 0.25) is 0 Å². The summed E-state index contributed by atoms with van der Waals surface area (Å²) in [5.74, 6) is 0. The standard InChI is InChI=1S/C24H23N5O4S2/c1-29(2)23-10-6-9-21-22(23)15-18(16-24(21)34(30,31)28-35(25,32)33)17-11-13-20(14-12-17)27-26-19-7-4-3-5-8-19/h3-16,28H,1-2H3,(H2,25,32,33). The highest BCUT2D eigenvalue weighted by molar-refractivity contribution is 8.03. The van der Waals surface area contributed by atoms with E-state index in [1.165, 1.54) is 6.07 Å². The van der Waals surface area contributed by atoms with E-state index >= 15 is 0 Å². The highest BCUT2D eigenvalue weighted by Crippen LogP contribution is 2.36. The van der Waals surface area contributed by atoms with E-state index in [-0.39, 0.29) is 4.90 Å². The van der Waals surface area contributed by atoms with Crippen LogP contribution in [0.15, 0.2) is 100 Å².